The van der Waals surface area contributed by atoms with E-state index in [1.807, 2.05) is 6.92 Å². The van der Waals surface area contributed by atoms with E-state index in [-0.39, 0.29) is 39.4 Å². The van der Waals surface area contributed by atoms with E-state index in [0.29, 0.717) is 16.6 Å². The number of nitrogens with one attached hydrogen (secondary N) is 1. The summed E-state index contributed by atoms with van der Waals surface area (Å²) in [4.78, 5) is 17.1. The lowest BCUT2D eigenvalue weighted by molar-refractivity contribution is -0.114. The first-order valence-corrected chi connectivity index (χ1v) is 15.2. The van der Waals surface area contributed by atoms with Crippen LogP contribution in [0.15, 0.2) is 57.0 Å². The quantitative estimate of drug-likeness (QED) is 0.311. The molecular formula is C27H27ClN4O5S2. The van der Waals surface area contributed by atoms with Crippen LogP contribution in [-0.4, -0.2) is 42.0 Å². The predicted octanol–water partition coefficient (Wildman–Crippen LogP) is 6.01. The first-order valence-electron chi connectivity index (χ1n) is 12.6. The van der Waals surface area contributed by atoms with Crippen molar-refractivity contribution >= 4 is 61.5 Å². The summed E-state index contributed by atoms with van der Waals surface area (Å²) in [5.74, 6) is -0.399. The fourth-order valence-corrected chi connectivity index (χ4v) is 6.89. The van der Waals surface area contributed by atoms with Crippen LogP contribution in [0, 0.1) is 18.3 Å². The minimum atomic E-state index is -4.19. The van der Waals surface area contributed by atoms with Gasteiger partial charge < -0.3 is 8.92 Å². The number of aliphatic imine (C=N–C) groups is 1. The Morgan fingerprint density at radius 2 is 1.90 bits per heavy atom. The fraction of sp³-hybridized carbons (Fsp3) is 0.333. The second-order valence-corrected chi connectivity index (χ2v) is 12.3. The molecule has 2 aliphatic heterocycles. The van der Waals surface area contributed by atoms with Gasteiger partial charge in [0.2, 0.25) is 10.9 Å². The number of benzene rings is 2. The van der Waals surface area contributed by atoms with E-state index in [0.717, 1.165) is 36.3 Å². The summed E-state index contributed by atoms with van der Waals surface area (Å²) in [6, 6.07) is 9.20. The van der Waals surface area contributed by atoms with Crippen LogP contribution in [0.3, 0.4) is 0 Å². The zero-order valence-corrected chi connectivity index (χ0v) is 23.8. The van der Waals surface area contributed by atoms with Gasteiger partial charge in [-0.25, -0.2) is 0 Å². The normalized spacial score (nSPS) is 19.2. The first kappa shape index (κ1) is 27.4. The highest BCUT2D eigenvalue weighted by Crippen LogP contribution is 2.40. The Hall–Kier alpha value is -3.15. The van der Waals surface area contributed by atoms with Crippen LogP contribution >= 0.6 is 23.4 Å². The average Bonchev–Trinajstić information content (AvgIpc) is 3.34. The molecule has 2 aromatic rings. The standard InChI is InChI=1S/C27H27ClN4O5S2/c1-3-36-22-15-17(14-21(28)23(22)37-39(34,35)19-11-9-16(2)10-12-19)13-20-24(29)32-27(30-25(20)33)38-26(31-32)18-7-5-4-6-8-18/h9-15,18,29H,3-8H2,1-2H3/b20-13-,29-24?. The lowest BCUT2D eigenvalue weighted by Crippen LogP contribution is -2.35. The van der Waals surface area contributed by atoms with Crippen LogP contribution in [0.1, 0.15) is 50.2 Å². The van der Waals surface area contributed by atoms with E-state index in [4.69, 9.17) is 25.9 Å². The van der Waals surface area contributed by atoms with Crippen molar-refractivity contribution in [1.29, 1.82) is 5.41 Å². The van der Waals surface area contributed by atoms with Crippen molar-refractivity contribution in [3.05, 3.63) is 58.1 Å². The number of hydrogen-bond donors (Lipinski definition) is 1. The number of nitrogens with zero attached hydrogens (tertiary/aromatic N) is 3. The van der Waals surface area contributed by atoms with E-state index < -0.39 is 16.0 Å². The van der Waals surface area contributed by atoms with Crippen molar-refractivity contribution in [2.24, 2.45) is 16.0 Å². The highest BCUT2D eigenvalue weighted by Gasteiger charge is 2.38. The Balaban J connectivity index is 1.44. The molecule has 12 heteroatoms. The molecule has 5 rings (SSSR count). The van der Waals surface area contributed by atoms with E-state index in [1.165, 1.54) is 53.5 Å². The Morgan fingerprint density at radius 3 is 2.59 bits per heavy atom. The zero-order chi connectivity index (χ0) is 27.7. The smallest absolute Gasteiger partial charge is 0.339 e. The molecule has 1 aliphatic carbocycles. The van der Waals surface area contributed by atoms with Crippen molar-refractivity contribution in [1.82, 2.24) is 5.01 Å². The Kier molecular flexibility index (Phi) is 7.84. The van der Waals surface area contributed by atoms with Crippen LogP contribution in [0.25, 0.3) is 6.08 Å². The molecular weight excluding hydrogens is 560 g/mol. The summed E-state index contributed by atoms with van der Waals surface area (Å²) in [5, 5.41) is 16.0. The lowest BCUT2D eigenvalue weighted by atomic mass is 9.90. The highest BCUT2D eigenvalue weighted by molar-refractivity contribution is 8.27. The molecule has 39 heavy (non-hydrogen) atoms. The van der Waals surface area contributed by atoms with Gasteiger partial charge in [0, 0.05) is 5.92 Å². The summed E-state index contributed by atoms with van der Waals surface area (Å²) in [7, 11) is -4.19. The summed E-state index contributed by atoms with van der Waals surface area (Å²) in [6.45, 7) is 3.80. The maximum absolute atomic E-state index is 12.9. The van der Waals surface area contributed by atoms with Gasteiger partial charge in [-0.15, -0.1) is 0 Å². The van der Waals surface area contributed by atoms with Crippen molar-refractivity contribution in [3.63, 3.8) is 0 Å². The minimum absolute atomic E-state index is 0.0237. The third kappa shape index (κ3) is 5.75. The third-order valence-electron chi connectivity index (χ3n) is 6.57. The summed E-state index contributed by atoms with van der Waals surface area (Å²) >= 11 is 7.83. The van der Waals surface area contributed by atoms with Gasteiger partial charge in [-0.05, 0) is 74.4 Å². The molecule has 204 valence electrons. The van der Waals surface area contributed by atoms with E-state index in [1.54, 1.807) is 19.1 Å². The van der Waals surface area contributed by atoms with Crippen LogP contribution in [-0.2, 0) is 14.9 Å². The maximum Gasteiger partial charge on any atom is 0.339 e. The van der Waals surface area contributed by atoms with Gasteiger partial charge in [-0.1, -0.05) is 48.6 Å². The van der Waals surface area contributed by atoms with Gasteiger partial charge in [-0.3, -0.25) is 10.2 Å². The number of ether oxygens (including phenoxy) is 1. The highest BCUT2D eigenvalue weighted by atomic mass is 35.5. The number of halogens is 1. The SMILES string of the molecule is CCOc1cc(/C=C2/C(=N)N3N=C(C4CCCCC4)SC3=NC2=O)cc(Cl)c1OS(=O)(=O)c1ccc(C)cc1. The minimum Gasteiger partial charge on any atom is -0.490 e. The molecule has 0 aromatic heterocycles. The summed E-state index contributed by atoms with van der Waals surface area (Å²) < 4.78 is 36.8. The van der Waals surface area contributed by atoms with Crippen molar-refractivity contribution < 1.29 is 22.1 Å². The number of rotatable bonds is 7. The number of hydrazone groups is 1. The molecule has 0 bridgehead atoms. The lowest BCUT2D eigenvalue weighted by Gasteiger charge is -2.20. The molecule has 1 saturated carbocycles. The maximum atomic E-state index is 12.9. The summed E-state index contributed by atoms with van der Waals surface area (Å²) in [5.41, 5.74) is 1.35. The Bertz CT molecular complexity index is 1530. The number of thioether (sulfide) groups is 1. The second kappa shape index (κ2) is 11.1. The second-order valence-electron chi connectivity index (χ2n) is 9.41. The predicted molar refractivity (Wildman–Crippen MR) is 153 cm³/mol. The van der Waals surface area contributed by atoms with E-state index in [9.17, 15) is 13.2 Å². The van der Waals surface area contributed by atoms with Gasteiger partial charge in [0.1, 0.15) is 9.94 Å². The van der Waals surface area contributed by atoms with Gasteiger partial charge in [0.25, 0.3) is 5.91 Å². The molecule has 0 spiro atoms. The molecule has 2 aromatic carbocycles. The molecule has 3 aliphatic rings. The molecule has 1 amide bonds. The third-order valence-corrected chi connectivity index (χ3v) is 9.16. The number of aryl methyl sites for hydroxylation is 1. The first-order chi connectivity index (χ1) is 18.7. The number of amidine groups is 2. The number of carbonyl (C=O) groups is 1. The number of carbonyl (C=O) groups excluding carboxylic acids is 1. The van der Waals surface area contributed by atoms with E-state index in [2.05, 4.69) is 10.1 Å². The molecule has 9 nitrogen and oxygen atoms in total. The Labute approximate surface area is 236 Å². The number of hydrogen-bond acceptors (Lipinski definition) is 8. The topological polar surface area (TPSA) is 121 Å². The molecule has 2 heterocycles. The average molecular weight is 587 g/mol. The molecule has 0 atom stereocenters. The van der Waals surface area contributed by atoms with Gasteiger partial charge >= 0.3 is 10.1 Å². The summed E-state index contributed by atoms with van der Waals surface area (Å²) in [6.07, 6.45) is 7.07. The monoisotopic (exact) mass is 586 g/mol. The van der Waals surface area contributed by atoms with Crippen LogP contribution in [0.5, 0.6) is 11.5 Å². The van der Waals surface area contributed by atoms with Crippen LogP contribution in [0.4, 0.5) is 0 Å². The molecule has 1 N–H and O–H groups in total. The number of amides is 1. The van der Waals surface area contributed by atoms with Crippen molar-refractivity contribution in [2.45, 2.75) is 50.8 Å². The number of fused-ring (bicyclic) bond motifs is 1. The van der Waals surface area contributed by atoms with Crippen molar-refractivity contribution in [3.8, 4) is 11.5 Å². The molecule has 1 fully saturated rings. The van der Waals surface area contributed by atoms with Crippen LogP contribution in [0.2, 0.25) is 5.02 Å². The largest absolute Gasteiger partial charge is 0.490 e. The molecule has 0 unspecified atom stereocenters. The van der Waals surface area contributed by atoms with Gasteiger partial charge in [-0.2, -0.15) is 23.5 Å². The van der Waals surface area contributed by atoms with Crippen molar-refractivity contribution in [2.75, 3.05) is 6.61 Å². The Morgan fingerprint density at radius 1 is 1.18 bits per heavy atom. The van der Waals surface area contributed by atoms with Crippen LogP contribution < -0.4 is 8.92 Å². The van der Waals surface area contributed by atoms with Gasteiger partial charge in [0.05, 0.1) is 17.2 Å². The molecule has 0 saturated heterocycles. The fourth-order valence-electron chi connectivity index (χ4n) is 4.57. The zero-order valence-electron chi connectivity index (χ0n) is 21.4. The van der Waals surface area contributed by atoms with E-state index >= 15 is 0 Å². The van der Waals surface area contributed by atoms with Gasteiger partial charge in [0.15, 0.2) is 11.6 Å². The molecule has 0 radical (unpaired) electrons.